The quantitative estimate of drug-likeness (QED) is 0.826. The summed E-state index contributed by atoms with van der Waals surface area (Å²) in [5.41, 5.74) is 0.892. The van der Waals surface area contributed by atoms with E-state index in [9.17, 15) is 4.79 Å². The first-order valence-electron chi connectivity index (χ1n) is 5.34. The lowest BCUT2D eigenvalue weighted by Crippen LogP contribution is -2.20. The third kappa shape index (κ3) is 3.73. The normalized spacial score (nSPS) is 10.1. The third-order valence-corrected chi connectivity index (χ3v) is 2.88. The second kappa shape index (κ2) is 5.85. The molecule has 0 saturated heterocycles. The van der Waals surface area contributed by atoms with Crippen LogP contribution in [0.5, 0.6) is 5.75 Å². The minimum atomic E-state index is -0.236. The smallest absolute Gasteiger partial charge is 0.263 e. The van der Waals surface area contributed by atoms with Gasteiger partial charge in [-0.05, 0) is 53.8 Å². The number of aryl methyl sites for hydroxylation is 1. The lowest BCUT2D eigenvalue weighted by Gasteiger charge is -2.05. The first kappa shape index (κ1) is 12.9. The average Bonchev–Trinajstić information content (AvgIpc) is 2.74. The Morgan fingerprint density at radius 3 is 2.78 bits per heavy atom. The summed E-state index contributed by atoms with van der Waals surface area (Å²) >= 11 is 2.21. The van der Waals surface area contributed by atoms with Gasteiger partial charge in [0.1, 0.15) is 5.75 Å². The lowest BCUT2D eigenvalue weighted by molar-refractivity contribution is -0.118. The fraction of sp³-hybridized carbons (Fsp3) is 0.167. The highest BCUT2D eigenvalue weighted by Crippen LogP contribution is 2.13. The monoisotopic (exact) mass is 357 g/mol. The van der Waals surface area contributed by atoms with Gasteiger partial charge in [-0.2, -0.15) is 5.10 Å². The molecule has 18 heavy (non-hydrogen) atoms. The number of ether oxygens (including phenoxy) is 1. The second-order valence-corrected chi connectivity index (χ2v) is 4.97. The summed E-state index contributed by atoms with van der Waals surface area (Å²) in [5, 5.41) is 9.29. The number of H-pyrrole nitrogens is 1. The lowest BCUT2D eigenvalue weighted by atomic mass is 10.3. The van der Waals surface area contributed by atoms with Crippen molar-refractivity contribution in [1.82, 2.24) is 10.2 Å². The number of halogens is 1. The zero-order chi connectivity index (χ0) is 13.0. The van der Waals surface area contributed by atoms with Gasteiger partial charge in [0.05, 0.1) is 0 Å². The molecular weight excluding hydrogens is 345 g/mol. The molecule has 0 saturated carbocycles. The molecule has 1 amide bonds. The van der Waals surface area contributed by atoms with Crippen LogP contribution in [0.15, 0.2) is 30.3 Å². The summed E-state index contributed by atoms with van der Waals surface area (Å²) in [6.45, 7) is 1.83. The van der Waals surface area contributed by atoms with E-state index in [1.54, 1.807) is 6.07 Å². The molecule has 0 radical (unpaired) electrons. The van der Waals surface area contributed by atoms with Crippen LogP contribution in [-0.4, -0.2) is 22.7 Å². The molecule has 5 nitrogen and oxygen atoms in total. The Morgan fingerprint density at radius 2 is 2.17 bits per heavy atom. The fourth-order valence-electron chi connectivity index (χ4n) is 1.34. The highest BCUT2D eigenvalue weighted by Gasteiger charge is 2.05. The number of aromatic amines is 1. The summed E-state index contributed by atoms with van der Waals surface area (Å²) < 4.78 is 6.47. The van der Waals surface area contributed by atoms with Crippen molar-refractivity contribution in [2.24, 2.45) is 0 Å². The number of hydrogen-bond acceptors (Lipinski definition) is 3. The number of nitrogens with zero attached hydrogens (tertiary/aromatic N) is 1. The topological polar surface area (TPSA) is 67.0 Å². The largest absolute Gasteiger partial charge is 0.484 e. The fourth-order valence-corrected chi connectivity index (χ4v) is 1.70. The predicted molar refractivity (Wildman–Crippen MR) is 76.6 cm³/mol. The molecule has 1 aromatic carbocycles. The van der Waals surface area contributed by atoms with Crippen LogP contribution in [-0.2, 0) is 4.79 Å². The van der Waals surface area contributed by atoms with E-state index >= 15 is 0 Å². The van der Waals surface area contributed by atoms with Gasteiger partial charge in [-0.3, -0.25) is 9.89 Å². The van der Waals surface area contributed by atoms with Crippen molar-refractivity contribution >= 4 is 34.3 Å². The average molecular weight is 357 g/mol. The first-order valence-corrected chi connectivity index (χ1v) is 6.41. The summed E-state index contributed by atoms with van der Waals surface area (Å²) in [7, 11) is 0. The zero-order valence-corrected chi connectivity index (χ0v) is 11.9. The van der Waals surface area contributed by atoms with Gasteiger partial charge < -0.3 is 10.1 Å². The summed E-state index contributed by atoms with van der Waals surface area (Å²) in [5.74, 6) is 0.938. The summed E-state index contributed by atoms with van der Waals surface area (Å²) in [6, 6.07) is 9.25. The van der Waals surface area contributed by atoms with E-state index in [2.05, 4.69) is 38.1 Å². The maximum absolute atomic E-state index is 11.6. The van der Waals surface area contributed by atoms with Crippen molar-refractivity contribution in [2.75, 3.05) is 11.9 Å². The van der Waals surface area contributed by atoms with Crippen molar-refractivity contribution in [2.45, 2.75) is 6.92 Å². The number of hydrogen-bond donors (Lipinski definition) is 2. The van der Waals surface area contributed by atoms with Crippen LogP contribution in [0, 0.1) is 10.5 Å². The molecule has 94 valence electrons. The van der Waals surface area contributed by atoms with E-state index in [-0.39, 0.29) is 12.5 Å². The summed E-state index contributed by atoms with van der Waals surface area (Å²) in [4.78, 5) is 11.6. The Kier molecular flexibility index (Phi) is 4.19. The number of aromatic nitrogens is 2. The number of benzene rings is 1. The third-order valence-electron chi connectivity index (χ3n) is 2.16. The SMILES string of the molecule is Cc1cc(NC(=O)COc2ccc(I)cc2)n[nH]1. The van der Waals surface area contributed by atoms with Gasteiger partial charge in [0, 0.05) is 15.3 Å². The van der Waals surface area contributed by atoms with Gasteiger partial charge in [0.15, 0.2) is 12.4 Å². The van der Waals surface area contributed by atoms with Crippen molar-refractivity contribution in [1.29, 1.82) is 0 Å². The van der Waals surface area contributed by atoms with Gasteiger partial charge in [0.2, 0.25) is 0 Å². The van der Waals surface area contributed by atoms with E-state index in [1.165, 1.54) is 0 Å². The van der Waals surface area contributed by atoms with Crippen LogP contribution >= 0.6 is 22.6 Å². The number of nitrogens with one attached hydrogen (secondary N) is 2. The molecule has 2 rings (SSSR count). The van der Waals surface area contributed by atoms with Gasteiger partial charge in [-0.25, -0.2) is 0 Å². The van der Waals surface area contributed by atoms with E-state index in [0.717, 1.165) is 9.26 Å². The van der Waals surface area contributed by atoms with Crippen molar-refractivity contribution in [3.8, 4) is 5.75 Å². The van der Waals surface area contributed by atoms with Gasteiger partial charge in [-0.15, -0.1) is 0 Å². The molecule has 2 N–H and O–H groups in total. The number of rotatable bonds is 4. The van der Waals surface area contributed by atoms with E-state index < -0.39 is 0 Å². The Hall–Kier alpha value is -1.57. The van der Waals surface area contributed by atoms with Crippen LogP contribution in [0.4, 0.5) is 5.82 Å². The van der Waals surface area contributed by atoms with Crippen LogP contribution in [0.1, 0.15) is 5.69 Å². The van der Waals surface area contributed by atoms with E-state index in [1.807, 2.05) is 31.2 Å². The minimum absolute atomic E-state index is 0.0352. The Bertz CT molecular complexity index is 537. The Labute approximate surface area is 118 Å². The first-order chi connectivity index (χ1) is 8.63. The van der Waals surface area contributed by atoms with Crippen LogP contribution in [0.2, 0.25) is 0 Å². The highest BCUT2D eigenvalue weighted by molar-refractivity contribution is 14.1. The molecule has 0 spiro atoms. The molecule has 0 bridgehead atoms. The Morgan fingerprint density at radius 1 is 1.44 bits per heavy atom. The molecular formula is C12H12IN3O2. The zero-order valence-electron chi connectivity index (χ0n) is 9.74. The molecule has 6 heteroatoms. The molecule has 0 atom stereocenters. The number of carbonyl (C=O) groups excluding carboxylic acids is 1. The minimum Gasteiger partial charge on any atom is -0.484 e. The van der Waals surface area contributed by atoms with Crippen molar-refractivity contribution in [3.05, 3.63) is 39.6 Å². The van der Waals surface area contributed by atoms with Gasteiger partial charge in [-0.1, -0.05) is 0 Å². The van der Waals surface area contributed by atoms with Crippen LogP contribution in [0.3, 0.4) is 0 Å². The number of carbonyl (C=O) groups is 1. The summed E-state index contributed by atoms with van der Waals surface area (Å²) in [6.07, 6.45) is 0. The van der Waals surface area contributed by atoms with Crippen LogP contribution in [0.25, 0.3) is 0 Å². The standard InChI is InChI=1S/C12H12IN3O2/c1-8-6-11(16-15-8)14-12(17)7-18-10-4-2-9(13)3-5-10/h2-6H,7H2,1H3,(H2,14,15,16,17). The van der Waals surface area contributed by atoms with Crippen LogP contribution < -0.4 is 10.1 Å². The molecule has 0 fully saturated rings. The highest BCUT2D eigenvalue weighted by atomic mass is 127. The van der Waals surface area contributed by atoms with Gasteiger partial charge in [0.25, 0.3) is 5.91 Å². The second-order valence-electron chi connectivity index (χ2n) is 3.73. The molecule has 2 aromatic rings. The van der Waals surface area contributed by atoms with E-state index in [0.29, 0.717) is 11.6 Å². The maximum Gasteiger partial charge on any atom is 0.263 e. The molecule has 0 aliphatic heterocycles. The molecule has 1 aromatic heterocycles. The molecule has 0 aliphatic rings. The number of amides is 1. The molecule has 0 aliphatic carbocycles. The predicted octanol–water partition coefficient (Wildman–Crippen LogP) is 2.34. The molecule has 1 heterocycles. The van der Waals surface area contributed by atoms with E-state index in [4.69, 9.17) is 4.74 Å². The maximum atomic E-state index is 11.6. The van der Waals surface area contributed by atoms with Gasteiger partial charge >= 0.3 is 0 Å². The number of anilines is 1. The van der Waals surface area contributed by atoms with Crippen molar-refractivity contribution < 1.29 is 9.53 Å². The Balaban J connectivity index is 1.83. The van der Waals surface area contributed by atoms with Crippen molar-refractivity contribution in [3.63, 3.8) is 0 Å². The molecule has 0 unspecified atom stereocenters.